The highest BCUT2D eigenvalue weighted by atomic mass is 35.5. The molecule has 0 spiro atoms. The van der Waals surface area contributed by atoms with Gasteiger partial charge in [-0.2, -0.15) is 0 Å². The highest BCUT2D eigenvalue weighted by Crippen LogP contribution is 2.28. The summed E-state index contributed by atoms with van der Waals surface area (Å²) in [6.07, 6.45) is -0.681. The smallest absolute Gasteiger partial charge is 0.266 e. The van der Waals surface area contributed by atoms with Crippen molar-refractivity contribution in [2.75, 3.05) is 5.32 Å². The van der Waals surface area contributed by atoms with E-state index in [0.717, 1.165) is 21.7 Å². The lowest BCUT2D eigenvalue weighted by atomic mass is 10.1. The monoisotopic (exact) mass is 387 g/mol. The van der Waals surface area contributed by atoms with Crippen molar-refractivity contribution >= 4 is 34.0 Å². The lowest BCUT2D eigenvalue weighted by Gasteiger charge is -2.15. The van der Waals surface area contributed by atoms with Gasteiger partial charge in [-0.15, -0.1) is 10.2 Å². The summed E-state index contributed by atoms with van der Waals surface area (Å²) >= 11 is 7.48. The van der Waals surface area contributed by atoms with E-state index in [1.54, 1.807) is 6.92 Å². The number of anilines is 1. The van der Waals surface area contributed by atoms with Gasteiger partial charge in [0.1, 0.15) is 10.8 Å². The zero-order chi connectivity index (χ0) is 18.7. The van der Waals surface area contributed by atoms with E-state index in [0.29, 0.717) is 15.9 Å². The number of aryl methyl sites for hydroxylation is 2. The van der Waals surface area contributed by atoms with Crippen LogP contribution in [0.15, 0.2) is 42.5 Å². The van der Waals surface area contributed by atoms with Gasteiger partial charge in [0.15, 0.2) is 6.10 Å². The molecule has 26 heavy (non-hydrogen) atoms. The fourth-order valence-corrected chi connectivity index (χ4v) is 3.27. The highest BCUT2D eigenvalue weighted by molar-refractivity contribution is 7.18. The van der Waals surface area contributed by atoms with Crippen LogP contribution in [0.5, 0.6) is 5.75 Å². The van der Waals surface area contributed by atoms with Gasteiger partial charge in [-0.1, -0.05) is 53.3 Å². The molecule has 1 heterocycles. The molecular weight excluding hydrogens is 370 g/mol. The van der Waals surface area contributed by atoms with Crippen LogP contribution < -0.4 is 10.1 Å². The first-order chi connectivity index (χ1) is 12.4. The summed E-state index contributed by atoms with van der Waals surface area (Å²) in [5.41, 5.74) is 2.78. The third kappa shape index (κ3) is 4.20. The molecule has 3 aromatic rings. The Kier molecular flexibility index (Phi) is 5.54. The van der Waals surface area contributed by atoms with Crippen LogP contribution in [-0.2, 0) is 4.79 Å². The normalized spacial score (nSPS) is 11.8. The number of halogens is 1. The zero-order valence-electron chi connectivity index (χ0n) is 14.6. The van der Waals surface area contributed by atoms with Crippen molar-refractivity contribution in [2.24, 2.45) is 0 Å². The Labute approximate surface area is 161 Å². The maximum absolute atomic E-state index is 12.4. The number of hydrogen-bond acceptors (Lipinski definition) is 5. The van der Waals surface area contributed by atoms with Crippen LogP contribution in [0.3, 0.4) is 0 Å². The molecule has 7 heteroatoms. The predicted octanol–water partition coefficient (Wildman–Crippen LogP) is 4.88. The summed E-state index contributed by atoms with van der Waals surface area (Å²) in [4.78, 5) is 12.4. The number of aromatic nitrogens is 2. The third-order valence-corrected chi connectivity index (χ3v) is 5.25. The van der Waals surface area contributed by atoms with Crippen LogP contribution in [0.2, 0.25) is 5.02 Å². The Morgan fingerprint density at radius 2 is 1.81 bits per heavy atom. The highest BCUT2D eigenvalue weighted by Gasteiger charge is 2.18. The first-order valence-electron chi connectivity index (χ1n) is 8.07. The molecule has 3 rings (SSSR count). The molecule has 0 radical (unpaired) electrons. The Morgan fingerprint density at radius 1 is 1.15 bits per heavy atom. The SMILES string of the molecule is Cc1cc(O[C@H](C)C(=O)Nc2nnc(-c3ccccc3)s2)cc(C)c1Cl. The van der Waals surface area contributed by atoms with Crippen molar-refractivity contribution < 1.29 is 9.53 Å². The largest absolute Gasteiger partial charge is 0.481 e. The number of carbonyl (C=O) groups excluding carboxylic acids is 1. The molecule has 2 aromatic carbocycles. The van der Waals surface area contributed by atoms with Gasteiger partial charge >= 0.3 is 0 Å². The Bertz CT molecular complexity index is 905. The first kappa shape index (κ1) is 18.4. The van der Waals surface area contributed by atoms with Gasteiger partial charge in [-0.3, -0.25) is 10.1 Å². The van der Waals surface area contributed by atoms with E-state index >= 15 is 0 Å². The average molecular weight is 388 g/mol. The first-order valence-corrected chi connectivity index (χ1v) is 9.26. The van der Waals surface area contributed by atoms with Gasteiger partial charge in [0.25, 0.3) is 5.91 Å². The lowest BCUT2D eigenvalue weighted by Crippen LogP contribution is -2.30. The maximum atomic E-state index is 12.4. The van der Waals surface area contributed by atoms with Gasteiger partial charge in [0, 0.05) is 10.6 Å². The molecular formula is C19H18ClN3O2S. The Morgan fingerprint density at radius 3 is 2.46 bits per heavy atom. The van der Waals surface area contributed by atoms with Crippen LogP contribution in [0.4, 0.5) is 5.13 Å². The number of amides is 1. The van der Waals surface area contributed by atoms with Crippen LogP contribution in [-0.4, -0.2) is 22.2 Å². The molecule has 1 N–H and O–H groups in total. The summed E-state index contributed by atoms with van der Waals surface area (Å²) < 4.78 is 5.74. The molecule has 0 aliphatic carbocycles. The fourth-order valence-electron chi connectivity index (χ4n) is 2.41. The van der Waals surface area contributed by atoms with E-state index in [-0.39, 0.29) is 5.91 Å². The lowest BCUT2D eigenvalue weighted by molar-refractivity contribution is -0.122. The standard InChI is InChI=1S/C19H18ClN3O2S/c1-11-9-15(10-12(2)16(11)20)25-13(3)17(24)21-19-23-22-18(26-19)14-7-5-4-6-8-14/h4-10,13H,1-3H3,(H,21,23,24)/t13-/m1/s1. The summed E-state index contributed by atoms with van der Waals surface area (Å²) in [5.74, 6) is 0.320. The minimum atomic E-state index is -0.681. The molecule has 5 nitrogen and oxygen atoms in total. The number of nitrogens with one attached hydrogen (secondary N) is 1. The quantitative estimate of drug-likeness (QED) is 0.677. The molecule has 1 aromatic heterocycles. The molecule has 0 bridgehead atoms. The van der Waals surface area contributed by atoms with E-state index in [9.17, 15) is 4.79 Å². The van der Waals surface area contributed by atoms with Crippen LogP contribution in [0.1, 0.15) is 18.1 Å². The van der Waals surface area contributed by atoms with E-state index in [4.69, 9.17) is 16.3 Å². The predicted molar refractivity (Wildman–Crippen MR) is 105 cm³/mol. The second-order valence-electron chi connectivity index (χ2n) is 5.90. The number of nitrogens with zero attached hydrogens (tertiary/aromatic N) is 2. The Hall–Kier alpha value is -2.44. The average Bonchev–Trinajstić information content (AvgIpc) is 3.08. The second kappa shape index (κ2) is 7.85. The second-order valence-corrected chi connectivity index (χ2v) is 7.25. The van der Waals surface area contributed by atoms with Gasteiger partial charge in [0.05, 0.1) is 0 Å². The van der Waals surface area contributed by atoms with Crippen molar-refractivity contribution in [2.45, 2.75) is 26.9 Å². The topological polar surface area (TPSA) is 64.1 Å². The maximum Gasteiger partial charge on any atom is 0.266 e. The zero-order valence-corrected chi connectivity index (χ0v) is 16.2. The fraction of sp³-hybridized carbons (Fsp3) is 0.211. The third-order valence-electron chi connectivity index (χ3n) is 3.77. The number of ether oxygens (including phenoxy) is 1. The summed E-state index contributed by atoms with van der Waals surface area (Å²) in [6, 6.07) is 13.3. The van der Waals surface area contributed by atoms with Crippen LogP contribution in [0.25, 0.3) is 10.6 Å². The van der Waals surface area contributed by atoms with E-state index in [1.807, 2.05) is 56.3 Å². The number of rotatable bonds is 5. The van der Waals surface area contributed by atoms with E-state index < -0.39 is 6.10 Å². The molecule has 0 aliphatic heterocycles. The van der Waals surface area contributed by atoms with E-state index in [1.165, 1.54) is 11.3 Å². The molecule has 0 fully saturated rings. The number of hydrogen-bond donors (Lipinski definition) is 1. The van der Waals surface area contributed by atoms with Crippen molar-refractivity contribution in [3.63, 3.8) is 0 Å². The van der Waals surface area contributed by atoms with Gasteiger partial charge < -0.3 is 4.74 Å². The molecule has 1 atom stereocenters. The molecule has 0 unspecified atom stereocenters. The van der Waals surface area contributed by atoms with Gasteiger partial charge in [-0.05, 0) is 44.0 Å². The van der Waals surface area contributed by atoms with Crippen molar-refractivity contribution in [1.82, 2.24) is 10.2 Å². The summed E-state index contributed by atoms with van der Waals surface area (Å²) in [6.45, 7) is 5.49. The molecule has 0 aliphatic rings. The molecule has 1 amide bonds. The van der Waals surface area contributed by atoms with Gasteiger partial charge in [-0.25, -0.2) is 0 Å². The summed E-state index contributed by atoms with van der Waals surface area (Å²) in [7, 11) is 0. The molecule has 0 saturated carbocycles. The van der Waals surface area contributed by atoms with Crippen LogP contribution >= 0.6 is 22.9 Å². The molecule has 0 saturated heterocycles. The minimum absolute atomic E-state index is 0.286. The van der Waals surface area contributed by atoms with Crippen molar-refractivity contribution in [3.8, 4) is 16.3 Å². The van der Waals surface area contributed by atoms with Crippen molar-refractivity contribution in [3.05, 3.63) is 58.6 Å². The Balaban J connectivity index is 1.66. The van der Waals surface area contributed by atoms with E-state index in [2.05, 4.69) is 15.5 Å². The van der Waals surface area contributed by atoms with Crippen LogP contribution in [0, 0.1) is 13.8 Å². The minimum Gasteiger partial charge on any atom is -0.481 e. The summed E-state index contributed by atoms with van der Waals surface area (Å²) in [5, 5.41) is 12.8. The number of benzene rings is 2. The van der Waals surface area contributed by atoms with Crippen molar-refractivity contribution in [1.29, 1.82) is 0 Å². The molecule has 134 valence electrons. The van der Waals surface area contributed by atoms with Gasteiger partial charge in [0.2, 0.25) is 5.13 Å². The number of carbonyl (C=O) groups is 1.